The molecule has 11 rings (SSSR count). The maximum absolute atomic E-state index is 2.70. The molecule has 6 aromatic carbocycles. The molecule has 2 heteroatoms. The number of nitrogens with zero attached hydrogens (tertiary/aromatic N) is 2. The van der Waals surface area contributed by atoms with Gasteiger partial charge in [-0.2, -0.15) is 0 Å². The molecule has 0 amide bonds. The predicted octanol–water partition coefficient (Wildman–Crippen LogP) is 15.0. The largest absolute Gasteiger partial charge is 0.334 e. The number of fused-ring (bicyclic) bond motifs is 9. The molecule has 0 N–H and O–H groups in total. The first-order valence-corrected chi connectivity index (χ1v) is 21.8. The first kappa shape index (κ1) is 35.1. The van der Waals surface area contributed by atoms with E-state index >= 15 is 0 Å². The number of hydrogen-bond donors (Lipinski definition) is 0. The van der Waals surface area contributed by atoms with Gasteiger partial charge in [0.2, 0.25) is 0 Å². The number of benzene rings is 6. The number of para-hydroxylation sites is 2. The lowest BCUT2D eigenvalue weighted by molar-refractivity contribution is 0.101. The second-order valence-electron chi connectivity index (χ2n) is 19.8. The van der Waals surface area contributed by atoms with Gasteiger partial charge in [-0.05, 0) is 173 Å². The summed E-state index contributed by atoms with van der Waals surface area (Å²) in [5.74, 6) is 0.998. The molecular weight excluding hydrogens is 689 g/mol. The topological polar surface area (TPSA) is 6.48 Å². The lowest BCUT2D eigenvalue weighted by atomic mass is 9.58. The molecule has 0 spiro atoms. The zero-order valence-corrected chi connectivity index (χ0v) is 34.7. The Hall–Kier alpha value is -5.08. The van der Waals surface area contributed by atoms with Crippen LogP contribution in [-0.2, 0) is 6.42 Å². The van der Waals surface area contributed by atoms with Crippen LogP contribution in [0.25, 0.3) is 33.4 Å². The fourth-order valence-electron chi connectivity index (χ4n) is 12.8. The van der Waals surface area contributed by atoms with Crippen LogP contribution in [-0.4, -0.2) is 11.1 Å². The Bertz CT molecular complexity index is 2390. The molecule has 2 saturated carbocycles. The summed E-state index contributed by atoms with van der Waals surface area (Å²) in [7, 11) is 0. The van der Waals surface area contributed by atoms with E-state index < -0.39 is 0 Å². The molecule has 2 aliphatic heterocycles. The lowest BCUT2D eigenvalue weighted by Gasteiger charge is -2.55. The van der Waals surface area contributed by atoms with Gasteiger partial charge in [0.15, 0.2) is 0 Å². The zero-order valence-electron chi connectivity index (χ0n) is 34.7. The second kappa shape index (κ2) is 12.2. The van der Waals surface area contributed by atoms with Gasteiger partial charge in [0.05, 0.1) is 11.1 Å². The summed E-state index contributed by atoms with van der Waals surface area (Å²) in [4.78, 5) is 5.40. The van der Waals surface area contributed by atoms with Crippen molar-refractivity contribution in [3.05, 3.63) is 156 Å². The monoisotopic (exact) mass is 744 g/mol. The van der Waals surface area contributed by atoms with Gasteiger partial charge in [-0.15, -0.1) is 0 Å². The Balaban J connectivity index is 0.968. The van der Waals surface area contributed by atoms with Crippen LogP contribution in [0.4, 0.5) is 22.7 Å². The van der Waals surface area contributed by atoms with Crippen LogP contribution < -0.4 is 9.80 Å². The van der Waals surface area contributed by atoms with Crippen LogP contribution in [0, 0.1) is 10.8 Å². The second-order valence-corrected chi connectivity index (χ2v) is 19.8. The summed E-state index contributed by atoms with van der Waals surface area (Å²) in [6, 6.07) is 51.6. The third kappa shape index (κ3) is 4.83. The molecule has 5 aliphatic rings. The molecule has 2 fully saturated rings. The number of rotatable bonds is 4. The third-order valence-electron chi connectivity index (χ3n) is 16.5. The van der Waals surface area contributed by atoms with Crippen LogP contribution >= 0.6 is 0 Å². The molecule has 0 radical (unpaired) electrons. The lowest BCUT2D eigenvalue weighted by Crippen LogP contribution is -2.56. The maximum atomic E-state index is 2.70. The van der Waals surface area contributed by atoms with Gasteiger partial charge in [-0.25, -0.2) is 0 Å². The van der Waals surface area contributed by atoms with Gasteiger partial charge in [-0.3, -0.25) is 0 Å². The van der Waals surface area contributed by atoms with Crippen molar-refractivity contribution in [2.24, 2.45) is 10.8 Å². The summed E-state index contributed by atoms with van der Waals surface area (Å²) in [5.41, 5.74) is 19.9. The van der Waals surface area contributed by atoms with Crippen molar-refractivity contribution < 1.29 is 0 Å². The van der Waals surface area contributed by atoms with E-state index in [4.69, 9.17) is 0 Å². The summed E-state index contributed by atoms with van der Waals surface area (Å²) in [6.07, 6.45) is 8.56. The fourth-order valence-corrected chi connectivity index (χ4v) is 12.8. The van der Waals surface area contributed by atoms with Crippen molar-refractivity contribution in [3.8, 4) is 33.4 Å². The van der Waals surface area contributed by atoms with Crippen molar-refractivity contribution >= 4 is 22.7 Å². The van der Waals surface area contributed by atoms with Crippen LogP contribution in [0.2, 0.25) is 0 Å². The minimum absolute atomic E-state index is 0.0179. The molecule has 286 valence electrons. The summed E-state index contributed by atoms with van der Waals surface area (Å²) in [6.45, 7) is 15.1. The average Bonchev–Trinajstić information content (AvgIpc) is 3.81. The Morgan fingerprint density at radius 3 is 1.25 bits per heavy atom. The van der Waals surface area contributed by atoms with E-state index in [2.05, 4.69) is 185 Å². The first-order valence-electron chi connectivity index (χ1n) is 21.8. The molecule has 4 atom stereocenters. The Kier molecular flexibility index (Phi) is 7.52. The van der Waals surface area contributed by atoms with E-state index in [-0.39, 0.29) is 21.9 Å². The van der Waals surface area contributed by atoms with Crippen molar-refractivity contribution in [1.29, 1.82) is 0 Å². The SMILES string of the molecule is CC1(C)CCCC2c3cc(-c4ccc5c(c4)-c4cc(-c6ccc7c(c6)C6CCCC(C)(C)C6(C)N7c6ccccc6)ccc4C5)ccc3N(c3ccccc3)C21C. The zero-order chi connectivity index (χ0) is 38.9. The molecule has 57 heavy (non-hydrogen) atoms. The van der Waals surface area contributed by atoms with Crippen molar-refractivity contribution in [1.82, 2.24) is 0 Å². The van der Waals surface area contributed by atoms with Gasteiger partial charge >= 0.3 is 0 Å². The quantitative estimate of drug-likeness (QED) is 0.177. The van der Waals surface area contributed by atoms with E-state index in [9.17, 15) is 0 Å². The van der Waals surface area contributed by atoms with Gasteiger partial charge in [0.1, 0.15) is 0 Å². The summed E-state index contributed by atoms with van der Waals surface area (Å²) >= 11 is 0. The molecule has 6 aromatic rings. The van der Waals surface area contributed by atoms with E-state index in [0.29, 0.717) is 11.8 Å². The third-order valence-corrected chi connectivity index (χ3v) is 16.5. The van der Waals surface area contributed by atoms with Gasteiger partial charge < -0.3 is 9.80 Å². The highest BCUT2D eigenvalue weighted by molar-refractivity contribution is 5.87. The molecule has 0 saturated heterocycles. The molecule has 4 unspecified atom stereocenters. The minimum atomic E-state index is 0.0179. The van der Waals surface area contributed by atoms with Crippen molar-refractivity contribution in [2.75, 3.05) is 9.80 Å². The van der Waals surface area contributed by atoms with Crippen molar-refractivity contribution in [2.45, 2.75) is 109 Å². The Morgan fingerprint density at radius 2 is 0.825 bits per heavy atom. The normalized spacial score (nSPS) is 25.9. The van der Waals surface area contributed by atoms with Gasteiger partial charge in [-0.1, -0.05) is 113 Å². The first-order chi connectivity index (χ1) is 27.5. The average molecular weight is 745 g/mol. The van der Waals surface area contributed by atoms with E-state index in [1.165, 1.54) is 117 Å². The minimum Gasteiger partial charge on any atom is -0.334 e. The number of hydrogen-bond acceptors (Lipinski definition) is 2. The Morgan fingerprint density at radius 1 is 0.439 bits per heavy atom. The van der Waals surface area contributed by atoms with Gasteiger partial charge in [0, 0.05) is 34.6 Å². The predicted molar refractivity (Wildman–Crippen MR) is 240 cm³/mol. The van der Waals surface area contributed by atoms with Crippen molar-refractivity contribution in [3.63, 3.8) is 0 Å². The molecule has 0 bridgehead atoms. The summed E-state index contributed by atoms with van der Waals surface area (Å²) in [5, 5.41) is 0. The molecule has 2 heterocycles. The van der Waals surface area contributed by atoms with E-state index in [1.54, 1.807) is 0 Å². The highest BCUT2D eigenvalue weighted by atomic mass is 15.3. The molecule has 3 aliphatic carbocycles. The standard InChI is InChI=1S/C55H56N2/c1-52(2)29-13-19-48-46-34-38(25-27-50(46)56(54(48,52)5)42-15-9-7-10-16-42)36-21-23-40-31-41-24-22-37(33-45(41)44(40)32-36)39-26-28-51-47(35-39)49-20-14-30-53(3,4)55(49,6)57(51)43-17-11-8-12-18-43/h7-12,15-18,21-28,32-35,48-49H,13-14,19-20,29-31H2,1-6H3. The van der Waals surface area contributed by atoms with Crippen LogP contribution in [0.15, 0.2) is 133 Å². The fraction of sp³-hybridized carbons (Fsp3) is 0.345. The highest BCUT2D eigenvalue weighted by Crippen LogP contribution is 2.65. The van der Waals surface area contributed by atoms with Crippen LogP contribution in [0.5, 0.6) is 0 Å². The van der Waals surface area contributed by atoms with E-state index in [1.807, 2.05) is 0 Å². The molecular formula is C55H56N2. The smallest absolute Gasteiger partial charge is 0.0543 e. The van der Waals surface area contributed by atoms with E-state index in [0.717, 1.165) is 6.42 Å². The number of anilines is 4. The molecule has 2 nitrogen and oxygen atoms in total. The van der Waals surface area contributed by atoms with Gasteiger partial charge in [0.25, 0.3) is 0 Å². The Labute approximate surface area is 340 Å². The molecule has 0 aromatic heterocycles. The van der Waals surface area contributed by atoms with Crippen LogP contribution in [0.1, 0.15) is 114 Å². The highest BCUT2D eigenvalue weighted by Gasteiger charge is 2.59. The summed E-state index contributed by atoms with van der Waals surface area (Å²) < 4.78 is 0. The maximum Gasteiger partial charge on any atom is 0.0543 e. The van der Waals surface area contributed by atoms with Crippen LogP contribution in [0.3, 0.4) is 0 Å².